The van der Waals surface area contributed by atoms with Crippen molar-refractivity contribution in [3.8, 4) is 22.6 Å². The lowest BCUT2D eigenvalue weighted by molar-refractivity contribution is -0.137. The molecule has 3 heterocycles. The number of hydrogen-bond donors (Lipinski definition) is 0. The third-order valence-electron chi connectivity index (χ3n) is 7.23. The molecule has 4 aromatic rings. The van der Waals surface area contributed by atoms with E-state index in [1.165, 1.54) is 12.1 Å². The van der Waals surface area contributed by atoms with E-state index in [0.29, 0.717) is 23.0 Å². The van der Waals surface area contributed by atoms with E-state index in [9.17, 15) is 13.2 Å². The molecule has 8 heteroatoms. The van der Waals surface area contributed by atoms with Gasteiger partial charge in [-0.1, -0.05) is 24.2 Å². The summed E-state index contributed by atoms with van der Waals surface area (Å²) in [6.07, 6.45) is 3.25. The fourth-order valence-electron chi connectivity index (χ4n) is 5.53. The molecule has 5 nitrogen and oxygen atoms in total. The Hall–Kier alpha value is -3.55. The van der Waals surface area contributed by atoms with Crippen molar-refractivity contribution in [1.29, 1.82) is 0 Å². The van der Waals surface area contributed by atoms with Crippen LogP contribution >= 0.6 is 0 Å². The van der Waals surface area contributed by atoms with Crippen molar-refractivity contribution in [3.63, 3.8) is 0 Å². The Balaban J connectivity index is 1.52. The van der Waals surface area contributed by atoms with Gasteiger partial charge in [0.15, 0.2) is 5.82 Å². The highest BCUT2D eigenvalue weighted by molar-refractivity contribution is 5.69. The van der Waals surface area contributed by atoms with Gasteiger partial charge in [-0.2, -0.15) is 13.2 Å². The first kappa shape index (κ1) is 21.0. The van der Waals surface area contributed by atoms with E-state index in [4.69, 9.17) is 14.5 Å². The molecular weight excluding hydrogens is 441 g/mol. The van der Waals surface area contributed by atoms with Gasteiger partial charge in [0, 0.05) is 46.5 Å². The standard InChI is InChI=1S/C26H21F3N4O/c1-14-19-6-7-20-22(15-2-4-18(5-3-15)26(27,28)29)32-25(16-8-10-30-11-9-16)33-23(20)21(19)12-17-13-31-34-24(14)17/h2-5,8-11,13-14,19,21H,6-7,12H2,1H3. The molecule has 34 heavy (non-hydrogen) atoms. The minimum atomic E-state index is -4.38. The summed E-state index contributed by atoms with van der Waals surface area (Å²) in [6, 6.07) is 8.95. The normalized spacial score (nSPS) is 21.5. The molecule has 0 saturated heterocycles. The molecule has 0 radical (unpaired) electrons. The van der Waals surface area contributed by atoms with Gasteiger partial charge < -0.3 is 4.52 Å². The molecule has 1 aromatic carbocycles. The molecule has 6 rings (SSSR count). The Kier molecular flexibility index (Phi) is 4.79. The van der Waals surface area contributed by atoms with E-state index in [1.54, 1.807) is 18.6 Å². The van der Waals surface area contributed by atoms with Crippen molar-refractivity contribution in [2.24, 2.45) is 5.92 Å². The molecule has 0 N–H and O–H groups in total. The van der Waals surface area contributed by atoms with Gasteiger partial charge in [-0.3, -0.25) is 4.98 Å². The average molecular weight is 462 g/mol. The van der Waals surface area contributed by atoms with Crippen molar-refractivity contribution < 1.29 is 17.7 Å². The van der Waals surface area contributed by atoms with Crippen LogP contribution in [0, 0.1) is 5.92 Å². The number of rotatable bonds is 2. The fraction of sp³-hybridized carbons (Fsp3) is 0.308. The van der Waals surface area contributed by atoms with Crippen LogP contribution in [0.5, 0.6) is 0 Å². The quantitative estimate of drug-likeness (QED) is 0.354. The number of aromatic nitrogens is 4. The van der Waals surface area contributed by atoms with Crippen molar-refractivity contribution in [1.82, 2.24) is 20.1 Å². The third kappa shape index (κ3) is 3.40. The van der Waals surface area contributed by atoms with Crippen LogP contribution in [0.2, 0.25) is 0 Å². The van der Waals surface area contributed by atoms with Crippen LogP contribution in [0.1, 0.15) is 53.3 Å². The van der Waals surface area contributed by atoms with Crippen LogP contribution in [0.25, 0.3) is 22.6 Å². The van der Waals surface area contributed by atoms with E-state index < -0.39 is 11.7 Å². The molecule has 0 aliphatic heterocycles. The Morgan fingerprint density at radius 2 is 1.74 bits per heavy atom. The largest absolute Gasteiger partial charge is 0.416 e. The number of hydrogen-bond acceptors (Lipinski definition) is 5. The van der Waals surface area contributed by atoms with Gasteiger partial charge in [-0.15, -0.1) is 0 Å². The van der Waals surface area contributed by atoms with E-state index >= 15 is 0 Å². The lowest BCUT2D eigenvalue weighted by Crippen LogP contribution is -2.32. The van der Waals surface area contributed by atoms with Crippen LogP contribution < -0.4 is 0 Å². The van der Waals surface area contributed by atoms with E-state index in [-0.39, 0.29) is 11.8 Å². The highest BCUT2D eigenvalue weighted by Gasteiger charge is 2.42. The maximum absolute atomic E-state index is 13.2. The van der Waals surface area contributed by atoms with Crippen molar-refractivity contribution in [2.45, 2.75) is 44.2 Å². The molecule has 2 aliphatic rings. The van der Waals surface area contributed by atoms with Gasteiger partial charge in [-0.05, 0) is 49.4 Å². The smallest absolute Gasteiger partial charge is 0.361 e. The van der Waals surface area contributed by atoms with Gasteiger partial charge in [-0.25, -0.2) is 9.97 Å². The fourth-order valence-corrected chi connectivity index (χ4v) is 5.53. The zero-order valence-corrected chi connectivity index (χ0v) is 18.4. The van der Waals surface area contributed by atoms with Crippen LogP contribution in [-0.2, 0) is 19.0 Å². The maximum atomic E-state index is 13.2. The Bertz CT molecular complexity index is 1350. The first-order valence-electron chi connectivity index (χ1n) is 11.3. The molecule has 2 aliphatic carbocycles. The molecule has 0 bridgehead atoms. The highest BCUT2D eigenvalue weighted by Crippen LogP contribution is 2.50. The van der Waals surface area contributed by atoms with E-state index in [2.05, 4.69) is 17.1 Å². The Morgan fingerprint density at radius 1 is 0.971 bits per heavy atom. The number of fused-ring (bicyclic) bond motifs is 4. The summed E-state index contributed by atoms with van der Waals surface area (Å²) in [7, 11) is 0. The van der Waals surface area contributed by atoms with Crippen molar-refractivity contribution >= 4 is 0 Å². The molecule has 172 valence electrons. The number of halogens is 3. The van der Waals surface area contributed by atoms with Gasteiger partial charge >= 0.3 is 6.18 Å². The van der Waals surface area contributed by atoms with Crippen LogP contribution in [0.15, 0.2) is 59.5 Å². The van der Waals surface area contributed by atoms with Crippen molar-refractivity contribution in [2.75, 3.05) is 0 Å². The van der Waals surface area contributed by atoms with E-state index in [0.717, 1.165) is 59.5 Å². The topological polar surface area (TPSA) is 64.7 Å². The second kappa shape index (κ2) is 7.75. The van der Waals surface area contributed by atoms with Gasteiger partial charge in [0.1, 0.15) is 5.76 Å². The zero-order chi connectivity index (χ0) is 23.4. The molecule has 0 fully saturated rings. The van der Waals surface area contributed by atoms with Crippen LogP contribution in [-0.4, -0.2) is 20.1 Å². The van der Waals surface area contributed by atoms with Crippen molar-refractivity contribution in [3.05, 3.63) is 83.1 Å². The summed E-state index contributed by atoms with van der Waals surface area (Å²) < 4.78 is 45.0. The average Bonchev–Trinajstić information content (AvgIpc) is 3.33. The number of benzene rings is 1. The number of nitrogens with zero attached hydrogens (tertiary/aromatic N) is 4. The summed E-state index contributed by atoms with van der Waals surface area (Å²) in [6.45, 7) is 2.17. The maximum Gasteiger partial charge on any atom is 0.416 e. The summed E-state index contributed by atoms with van der Waals surface area (Å²) in [4.78, 5) is 14.0. The van der Waals surface area contributed by atoms with Crippen LogP contribution in [0.3, 0.4) is 0 Å². The lowest BCUT2D eigenvalue weighted by atomic mass is 9.65. The van der Waals surface area contributed by atoms with Crippen LogP contribution in [0.4, 0.5) is 13.2 Å². The van der Waals surface area contributed by atoms with Gasteiger partial charge in [0.05, 0.1) is 23.1 Å². The Morgan fingerprint density at radius 3 is 2.47 bits per heavy atom. The monoisotopic (exact) mass is 462 g/mol. The summed E-state index contributed by atoms with van der Waals surface area (Å²) in [5.41, 5.74) is 4.61. The summed E-state index contributed by atoms with van der Waals surface area (Å²) in [5.74, 6) is 2.26. The Labute approximate surface area is 194 Å². The van der Waals surface area contributed by atoms with E-state index in [1.807, 2.05) is 12.1 Å². The zero-order valence-electron chi connectivity index (χ0n) is 18.4. The first-order chi connectivity index (χ1) is 16.4. The molecule has 0 saturated carbocycles. The summed E-state index contributed by atoms with van der Waals surface area (Å²) in [5, 5.41) is 4.02. The molecule has 0 spiro atoms. The molecule has 3 aromatic heterocycles. The SMILES string of the molecule is CC1c2oncc2CC2c3nc(-c4ccncc4)nc(-c4ccc(C(F)(F)F)cc4)c3CCC12. The molecule has 0 amide bonds. The number of alkyl halides is 3. The molecular formula is C26H21F3N4O. The third-order valence-corrected chi connectivity index (χ3v) is 7.23. The predicted molar refractivity (Wildman–Crippen MR) is 119 cm³/mol. The molecule has 3 unspecified atom stereocenters. The minimum absolute atomic E-state index is 0.169. The minimum Gasteiger partial charge on any atom is -0.361 e. The first-order valence-corrected chi connectivity index (χ1v) is 11.3. The van der Waals surface area contributed by atoms with Gasteiger partial charge in [0.25, 0.3) is 0 Å². The summed E-state index contributed by atoms with van der Waals surface area (Å²) >= 11 is 0. The second-order valence-corrected chi connectivity index (χ2v) is 9.09. The predicted octanol–water partition coefficient (Wildman–Crippen LogP) is 6.22. The number of pyridine rings is 1. The second-order valence-electron chi connectivity index (χ2n) is 9.09. The highest BCUT2D eigenvalue weighted by atomic mass is 19.4. The molecule has 3 atom stereocenters. The lowest BCUT2D eigenvalue weighted by Gasteiger charge is -2.39. The van der Waals surface area contributed by atoms with Gasteiger partial charge in [0.2, 0.25) is 0 Å².